The van der Waals surface area contributed by atoms with Crippen LogP contribution in [0.4, 0.5) is 0 Å². The molecule has 0 aromatic carbocycles. The van der Waals surface area contributed by atoms with Crippen molar-refractivity contribution in [1.29, 1.82) is 0 Å². The maximum atomic E-state index is 5.57. The SMILES string of the molecule is NCCCC(CCCN)C1=CC=CC=CN1. The number of rotatable bonds is 7. The van der Waals surface area contributed by atoms with Crippen LogP contribution in [0.1, 0.15) is 25.7 Å². The van der Waals surface area contributed by atoms with Crippen molar-refractivity contribution in [2.24, 2.45) is 17.4 Å². The maximum Gasteiger partial charge on any atom is 0.0178 e. The molecule has 0 saturated carbocycles. The Morgan fingerprint density at radius 3 is 2.31 bits per heavy atom. The van der Waals surface area contributed by atoms with Crippen molar-refractivity contribution < 1.29 is 0 Å². The minimum atomic E-state index is 0.555. The molecular weight excluding hydrogens is 198 g/mol. The normalized spacial score (nSPS) is 14.8. The highest BCUT2D eigenvalue weighted by Crippen LogP contribution is 2.21. The Labute approximate surface area is 98.3 Å². The van der Waals surface area contributed by atoms with Crippen LogP contribution < -0.4 is 16.8 Å². The first kappa shape index (κ1) is 13.0. The second-order valence-corrected chi connectivity index (χ2v) is 4.07. The highest BCUT2D eigenvalue weighted by atomic mass is 14.9. The lowest BCUT2D eigenvalue weighted by atomic mass is 9.93. The molecule has 90 valence electrons. The number of hydrogen-bond donors (Lipinski definition) is 3. The Hall–Kier alpha value is -1.06. The van der Waals surface area contributed by atoms with Gasteiger partial charge in [-0.25, -0.2) is 0 Å². The third-order valence-electron chi connectivity index (χ3n) is 2.80. The van der Waals surface area contributed by atoms with E-state index in [0.29, 0.717) is 5.92 Å². The van der Waals surface area contributed by atoms with Crippen molar-refractivity contribution in [3.05, 3.63) is 36.2 Å². The summed E-state index contributed by atoms with van der Waals surface area (Å²) in [5.74, 6) is 0.555. The van der Waals surface area contributed by atoms with Gasteiger partial charge in [-0.2, -0.15) is 0 Å². The fourth-order valence-electron chi connectivity index (χ4n) is 1.91. The predicted molar refractivity (Wildman–Crippen MR) is 69.6 cm³/mol. The first-order valence-electron chi connectivity index (χ1n) is 6.08. The molecule has 0 fully saturated rings. The Morgan fingerprint density at radius 2 is 1.69 bits per heavy atom. The summed E-state index contributed by atoms with van der Waals surface area (Å²) in [6, 6.07) is 0. The highest BCUT2D eigenvalue weighted by Gasteiger charge is 2.12. The van der Waals surface area contributed by atoms with Gasteiger partial charge >= 0.3 is 0 Å². The third kappa shape index (κ3) is 4.64. The molecule has 0 aromatic heterocycles. The Bertz CT molecular complexity index is 258. The van der Waals surface area contributed by atoms with E-state index in [4.69, 9.17) is 11.5 Å². The summed E-state index contributed by atoms with van der Waals surface area (Å²) in [4.78, 5) is 0. The second kappa shape index (κ2) is 8.13. The van der Waals surface area contributed by atoms with Gasteiger partial charge in [0, 0.05) is 11.9 Å². The van der Waals surface area contributed by atoms with Crippen molar-refractivity contribution in [3.8, 4) is 0 Å². The highest BCUT2D eigenvalue weighted by molar-refractivity contribution is 5.22. The van der Waals surface area contributed by atoms with E-state index in [1.807, 2.05) is 18.4 Å². The van der Waals surface area contributed by atoms with E-state index < -0.39 is 0 Å². The summed E-state index contributed by atoms with van der Waals surface area (Å²) in [5.41, 5.74) is 12.4. The zero-order valence-corrected chi connectivity index (χ0v) is 9.86. The lowest BCUT2D eigenvalue weighted by Gasteiger charge is -2.19. The number of hydrogen-bond acceptors (Lipinski definition) is 3. The number of allylic oxidation sites excluding steroid dienone is 5. The van der Waals surface area contributed by atoms with Gasteiger partial charge in [0.2, 0.25) is 0 Å². The van der Waals surface area contributed by atoms with E-state index in [1.165, 1.54) is 5.70 Å². The summed E-state index contributed by atoms with van der Waals surface area (Å²) in [7, 11) is 0. The molecule has 1 aliphatic heterocycles. The van der Waals surface area contributed by atoms with Crippen molar-refractivity contribution in [2.45, 2.75) is 25.7 Å². The van der Waals surface area contributed by atoms with Crippen LogP contribution in [0.15, 0.2) is 36.2 Å². The summed E-state index contributed by atoms with van der Waals surface area (Å²) >= 11 is 0. The molecule has 1 rings (SSSR count). The van der Waals surface area contributed by atoms with E-state index in [0.717, 1.165) is 38.8 Å². The van der Waals surface area contributed by atoms with Crippen molar-refractivity contribution in [2.75, 3.05) is 13.1 Å². The number of nitrogens with two attached hydrogens (primary N) is 2. The Morgan fingerprint density at radius 1 is 1.00 bits per heavy atom. The molecule has 0 unspecified atom stereocenters. The van der Waals surface area contributed by atoms with E-state index >= 15 is 0 Å². The zero-order valence-electron chi connectivity index (χ0n) is 9.86. The van der Waals surface area contributed by atoms with E-state index in [9.17, 15) is 0 Å². The summed E-state index contributed by atoms with van der Waals surface area (Å²) in [6.45, 7) is 1.52. The van der Waals surface area contributed by atoms with Crippen LogP contribution in [-0.2, 0) is 0 Å². The van der Waals surface area contributed by atoms with Gasteiger partial charge in [-0.05, 0) is 56.8 Å². The topological polar surface area (TPSA) is 64.1 Å². The molecule has 1 heterocycles. The van der Waals surface area contributed by atoms with Crippen LogP contribution in [0.25, 0.3) is 0 Å². The van der Waals surface area contributed by atoms with Gasteiger partial charge in [-0.3, -0.25) is 0 Å². The van der Waals surface area contributed by atoms with Crippen LogP contribution in [0, 0.1) is 5.92 Å². The molecule has 0 atom stereocenters. The Kier molecular flexibility index (Phi) is 6.61. The molecule has 0 saturated heterocycles. The minimum absolute atomic E-state index is 0.555. The van der Waals surface area contributed by atoms with Gasteiger partial charge in [-0.15, -0.1) is 0 Å². The minimum Gasteiger partial charge on any atom is -0.365 e. The lowest BCUT2D eigenvalue weighted by Crippen LogP contribution is -2.18. The number of nitrogens with one attached hydrogen (secondary N) is 1. The van der Waals surface area contributed by atoms with Gasteiger partial charge in [0.15, 0.2) is 0 Å². The molecule has 0 aliphatic carbocycles. The van der Waals surface area contributed by atoms with E-state index in [-0.39, 0.29) is 0 Å². The van der Waals surface area contributed by atoms with Crippen molar-refractivity contribution >= 4 is 0 Å². The monoisotopic (exact) mass is 221 g/mol. The molecule has 5 N–H and O–H groups in total. The fraction of sp³-hybridized carbons (Fsp3) is 0.538. The molecule has 3 heteroatoms. The lowest BCUT2D eigenvalue weighted by molar-refractivity contribution is 0.472. The van der Waals surface area contributed by atoms with Gasteiger partial charge in [-0.1, -0.05) is 12.2 Å². The fourth-order valence-corrected chi connectivity index (χ4v) is 1.91. The molecular formula is C13H23N3. The molecule has 3 nitrogen and oxygen atoms in total. The predicted octanol–water partition coefficient (Wildman–Crippen LogP) is 1.64. The van der Waals surface area contributed by atoms with Gasteiger partial charge in [0.1, 0.15) is 0 Å². The summed E-state index contributed by atoms with van der Waals surface area (Å²) in [6.07, 6.45) is 14.7. The third-order valence-corrected chi connectivity index (χ3v) is 2.80. The largest absolute Gasteiger partial charge is 0.365 e. The molecule has 0 radical (unpaired) electrons. The van der Waals surface area contributed by atoms with Crippen molar-refractivity contribution in [3.63, 3.8) is 0 Å². The average molecular weight is 221 g/mol. The van der Waals surface area contributed by atoms with Crippen LogP contribution in [0.2, 0.25) is 0 Å². The molecule has 0 aromatic rings. The summed E-state index contributed by atoms with van der Waals surface area (Å²) in [5, 5.41) is 3.34. The van der Waals surface area contributed by atoms with Gasteiger partial charge in [0.05, 0.1) is 0 Å². The average Bonchev–Trinajstić information content (AvgIpc) is 2.58. The smallest absolute Gasteiger partial charge is 0.0178 e. The van der Waals surface area contributed by atoms with Gasteiger partial charge < -0.3 is 16.8 Å². The van der Waals surface area contributed by atoms with Gasteiger partial charge in [0.25, 0.3) is 0 Å². The Balaban J connectivity index is 2.55. The second-order valence-electron chi connectivity index (χ2n) is 4.07. The maximum absolute atomic E-state index is 5.57. The molecule has 0 amide bonds. The molecule has 0 bridgehead atoms. The first-order valence-corrected chi connectivity index (χ1v) is 6.08. The zero-order chi connectivity index (χ0) is 11.6. The molecule has 1 aliphatic rings. The van der Waals surface area contributed by atoms with Crippen LogP contribution >= 0.6 is 0 Å². The van der Waals surface area contributed by atoms with Crippen LogP contribution in [0.5, 0.6) is 0 Å². The molecule has 16 heavy (non-hydrogen) atoms. The van der Waals surface area contributed by atoms with Crippen LogP contribution in [0.3, 0.4) is 0 Å². The van der Waals surface area contributed by atoms with Crippen LogP contribution in [-0.4, -0.2) is 13.1 Å². The van der Waals surface area contributed by atoms with Crippen molar-refractivity contribution in [1.82, 2.24) is 5.32 Å². The quantitative estimate of drug-likeness (QED) is 0.612. The molecule has 0 spiro atoms. The summed E-state index contributed by atoms with van der Waals surface area (Å²) < 4.78 is 0. The standard InChI is InChI=1S/C13H23N3/c14-9-4-6-12(7-5-10-15)13-8-2-1-3-11-16-13/h1-3,8,11-12,16H,4-7,9-10,14-15H2. The van der Waals surface area contributed by atoms with E-state index in [2.05, 4.69) is 17.5 Å². The first-order chi connectivity index (χ1) is 7.88. The van der Waals surface area contributed by atoms with E-state index in [1.54, 1.807) is 0 Å².